The topological polar surface area (TPSA) is 15.3 Å². The van der Waals surface area contributed by atoms with Crippen LogP contribution in [0.4, 0.5) is 0 Å². The lowest BCUT2D eigenvalue weighted by Crippen LogP contribution is -2.43. The molecule has 0 bridgehead atoms. The molecule has 0 aromatic rings. The predicted octanol–water partition coefficient (Wildman–Crippen LogP) is 3.13. The van der Waals surface area contributed by atoms with Gasteiger partial charge in [0.1, 0.15) is 0 Å². The molecule has 3 atom stereocenters. The molecule has 3 unspecified atom stereocenters. The van der Waals surface area contributed by atoms with Crippen molar-refractivity contribution < 1.29 is 0 Å². The summed E-state index contributed by atoms with van der Waals surface area (Å²) < 4.78 is 0. The molecule has 2 heteroatoms. The molecule has 17 heavy (non-hydrogen) atoms. The third-order valence-corrected chi connectivity index (χ3v) is 4.67. The van der Waals surface area contributed by atoms with Crippen LogP contribution in [0.15, 0.2) is 0 Å². The summed E-state index contributed by atoms with van der Waals surface area (Å²) in [5.74, 6) is 1.77. The second-order valence-electron chi connectivity index (χ2n) is 5.79. The molecular formula is C15H32N2. The minimum absolute atomic E-state index is 0.665. The molecule has 0 aromatic heterocycles. The number of nitrogens with one attached hydrogen (secondary N) is 1. The second-order valence-corrected chi connectivity index (χ2v) is 5.79. The van der Waals surface area contributed by atoms with E-state index in [9.17, 15) is 0 Å². The average Bonchev–Trinajstić information content (AvgIpc) is 2.60. The van der Waals surface area contributed by atoms with Gasteiger partial charge in [-0.3, -0.25) is 0 Å². The molecule has 1 aliphatic rings. The number of nitrogens with zero attached hydrogens (tertiary/aromatic N) is 1. The molecule has 0 spiro atoms. The van der Waals surface area contributed by atoms with Gasteiger partial charge in [0.25, 0.3) is 0 Å². The SMILES string of the molecule is CCC1CCCN(CC(NC)C(C)CC)CC1. The van der Waals surface area contributed by atoms with Crippen LogP contribution in [0.5, 0.6) is 0 Å². The zero-order valence-electron chi connectivity index (χ0n) is 12.3. The zero-order valence-corrected chi connectivity index (χ0v) is 12.3. The molecule has 0 amide bonds. The fraction of sp³-hybridized carbons (Fsp3) is 1.00. The van der Waals surface area contributed by atoms with Gasteiger partial charge in [-0.2, -0.15) is 0 Å². The van der Waals surface area contributed by atoms with Crippen LogP contribution in [-0.2, 0) is 0 Å². The van der Waals surface area contributed by atoms with Gasteiger partial charge in [0, 0.05) is 12.6 Å². The van der Waals surface area contributed by atoms with E-state index < -0.39 is 0 Å². The summed E-state index contributed by atoms with van der Waals surface area (Å²) in [6.07, 6.45) is 6.90. The molecule has 2 nitrogen and oxygen atoms in total. The first-order valence-corrected chi connectivity index (χ1v) is 7.60. The highest BCUT2D eigenvalue weighted by Crippen LogP contribution is 2.21. The van der Waals surface area contributed by atoms with Gasteiger partial charge in [-0.15, -0.1) is 0 Å². The van der Waals surface area contributed by atoms with Crippen molar-refractivity contribution in [3.05, 3.63) is 0 Å². The summed E-state index contributed by atoms with van der Waals surface area (Å²) in [4.78, 5) is 2.68. The minimum Gasteiger partial charge on any atom is -0.315 e. The van der Waals surface area contributed by atoms with Gasteiger partial charge in [-0.25, -0.2) is 0 Å². The summed E-state index contributed by atoms with van der Waals surface area (Å²) in [5, 5.41) is 3.50. The van der Waals surface area contributed by atoms with Crippen molar-refractivity contribution in [3.63, 3.8) is 0 Å². The van der Waals surface area contributed by atoms with Gasteiger partial charge in [0.2, 0.25) is 0 Å². The lowest BCUT2D eigenvalue weighted by Gasteiger charge is -2.29. The van der Waals surface area contributed by atoms with Crippen LogP contribution in [0.2, 0.25) is 0 Å². The Hall–Kier alpha value is -0.0800. The lowest BCUT2D eigenvalue weighted by molar-refractivity contribution is 0.220. The van der Waals surface area contributed by atoms with Crippen LogP contribution in [-0.4, -0.2) is 37.6 Å². The Morgan fingerprint density at radius 3 is 2.59 bits per heavy atom. The minimum atomic E-state index is 0.665. The second kappa shape index (κ2) is 8.10. The third-order valence-electron chi connectivity index (χ3n) is 4.67. The Labute approximate surface area is 108 Å². The van der Waals surface area contributed by atoms with Crippen molar-refractivity contribution in [1.82, 2.24) is 10.2 Å². The number of rotatable bonds is 6. The lowest BCUT2D eigenvalue weighted by atomic mass is 9.98. The van der Waals surface area contributed by atoms with Crippen molar-refractivity contribution in [3.8, 4) is 0 Å². The van der Waals surface area contributed by atoms with E-state index in [1.54, 1.807) is 0 Å². The van der Waals surface area contributed by atoms with Gasteiger partial charge in [0.05, 0.1) is 0 Å². The molecule has 0 radical (unpaired) electrons. The van der Waals surface area contributed by atoms with E-state index in [1.165, 1.54) is 51.7 Å². The monoisotopic (exact) mass is 240 g/mol. The van der Waals surface area contributed by atoms with Crippen molar-refractivity contribution in [2.24, 2.45) is 11.8 Å². The van der Waals surface area contributed by atoms with Crippen molar-refractivity contribution in [2.45, 2.75) is 58.9 Å². The Morgan fingerprint density at radius 1 is 1.24 bits per heavy atom. The molecule has 1 aliphatic heterocycles. The molecule has 0 aliphatic carbocycles. The standard InChI is InChI=1S/C15H32N2/c1-5-13(3)15(16-4)12-17-10-7-8-14(6-2)9-11-17/h13-16H,5-12H2,1-4H3. The number of likely N-dealkylation sites (tertiary alicyclic amines) is 1. The fourth-order valence-electron chi connectivity index (χ4n) is 2.93. The highest BCUT2D eigenvalue weighted by molar-refractivity contribution is 4.78. The molecule has 0 saturated carbocycles. The highest BCUT2D eigenvalue weighted by Gasteiger charge is 2.20. The Morgan fingerprint density at radius 2 is 2.00 bits per heavy atom. The van der Waals surface area contributed by atoms with Crippen LogP contribution in [0.3, 0.4) is 0 Å². The van der Waals surface area contributed by atoms with E-state index >= 15 is 0 Å². The average molecular weight is 240 g/mol. The predicted molar refractivity (Wildman–Crippen MR) is 76.4 cm³/mol. The van der Waals surface area contributed by atoms with Gasteiger partial charge < -0.3 is 10.2 Å². The van der Waals surface area contributed by atoms with Crippen molar-refractivity contribution >= 4 is 0 Å². The summed E-state index contributed by atoms with van der Waals surface area (Å²) in [6, 6.07) is 0.665. The maximum absolute atomic E-state index is 3.50. The maximum atomic E-state index is 3.50. The van der Waals surface area contributed by atoms with Gasteiger partial charge in [-0.1, -0.05) is 33.6 Å². The number of hydrogen-bond donors (Lipinski definition) is 1. The first kappa shape index (κ1) is 15.0. The molecular weight excluding hydrogens is 208 g/mol. The van der Waals surface area contributed by atoms with E-state index in [2.05, 4.69) is 38.0 Å². The Bertz CT molecular complexity index is 193. The third kappa shape index (κ3) is 4.97. The summed E-state index contributed by atoms with van der Waals surface area (Å²) in [5.41, 5.74) is 0. The molecule has 1 N–H and O–H groups in total. The van der Waals surface area contributed by atoms with Crippen LogP contribution < -0.4 is 5.32 Å². The largest absolute Gasteiger partial charge is 0.315 e. The Kier molecular flexibility index (Phi) is 7.14. The van der Waals surface area contributed by atoms with E-state index in [-0.39, 0.29) is 0 Å². The van der Waals surface area contributed by atoms with Crippen molar-refractivity contribution in [1.29, 1.82) is 0 Å². The zero-order chi connectivity index (χ0) is 12.7. The smallest absolute Gasteiger partial charge is 0.0217 e. The van der Waals surface area contributed by atoms with Gasteiger partial charge in [0.15, 0.2) is 0 Å². The van der Waals surface area contributed by atoms with Crippen LogP contribution in [0.25, 0.3) is 0 Å². The van der Waals surface area contributed by atoms with Crippen LogP contribution in [0, 0.1) is 11.8 Å². The number of likely N-dealkylation sites (N-methyl/N-ethyl adjacent to an activating group) is 1. The van der Waals surface area contributed by atoms with Gasteiger partial charge in [-0.05, 0) is 51.2 Å². The number of hydrogen-bond acceptors (Lipinski definition) is 2. The summed E-state index contributed by atoms with van der Waals surface area (Å²) >= 11 is 0. The first-order valence-electron chi connectivity index (χ1n) is 7.60. The van der Waals surface area contributed by atoms with Crippen molar-refractivity contribution in [2.75, 3.05) is 26.7 Å². The maximum Gasteiger partial charge on any atom is 0.0217 e. The van der Waals surface area contributed by atoms with Crippen LogP contribution in [0.1, 0.15) is 52.9 Å². The van der Waals surface area contributed by atoms with E-state index in [1.807, 2.05) is 0 Å². The fourth-order valence-corrected chi connectivity index (χ4v) is 2.93. The quantitative estimate of drug-likeness (QED) is 0.767. The normalized spacial score (nSPS) is 26.5. The first-order chi connectivity index (χ1) is 8.21. The van der Waals surface area contributed by atoms with E-state index in [0.29, 0.717) is 6.04 Å². The summed E-state index contributed by atoms with van der Waals surface area (Å²) in [6.45, 7) is 10.9. The molecule has 102 valence electrons. The van der Waals surface area contributed by atoms with Crippen LogP contribution >= 0.6 is 0 Å². The summed E-state index contributed by atoms with van der Waals surface area (Å²) in [7, 11) is 2.11. The molecule has 1 heterocycles. The molecule has 0 aromatic carbocycles. The molecule has 1 rings (SSSR count). The van der Waals surface area contributed by atoms with Gasteiger partial charge >= 0.3 is 0 Å². The van der Waals surface area contributed by atoms with E-state index in [4.69, 9.17) is 0 Å². The highest BCUT2D eigenvalue weighted by atomic mass is 15.1. The molecule has 1 saturated heterocycles. The Balaban J connectivity index is 2.39. The molecule has 1 fully saturated rings. The van der Waals surface area contributed by atoms with E-state index in [0.717, 1.165) is 11.8 Å².